The summed E-state index contributed by atoms with van der Waals surface area (Å²) in [6, 6.07) is 75.9. The molecule has 0 amide bonds. The van der Waals surface area contributed by atoms with Gasteiger partial charge in [0.1, 0.15) is 0 Å². The van der Waals surface area contributed by atoms with Crippen LogP contribution in [0.1, 0.15) is 26.3 Å². The standard InChI is InChI=1S/C56H43NS/c1-56(2,3)41-35-36-51(48(37-41)39-21-8-5-9-22-39)57(50-32-14-11-26-44(50)46-30-18-34-53-55(46)47-27-12-15-33-52(47)58-53)49-31-13-10-25-43(49)45-29-17-24-40-23-16-28-42(54(40)45)38-19-6-4-7-20-38/h4-37H,1-3H3. The molecule has 0 saturated carbocycles. The van der Waals surface area contributed by atoms with Crippen molar-refractivity contribution in [1.29, 1.82) is 0 Å². The lowest BCUT2D eigenvalue weighted by Crippen LogP contribution is -2.16. The van der Waals surface area contributed by atoms with Gasteiger partial charge in [0.25, 0.3) is 0 Å². The lowest BCUT2D eigenvalue weighted by molar-refractivity contribution is 0.590. The van der Waals surface area contributed by atoms with Crippen molar-refractivity contribution in [2.24, 2.45) is 0 Å². The predicted molar refractivity (Wildman–Crippen MR) is 252 cm³/mol. The lowest BCUT2D eigenvalue weighted by Gasteiger charge is -2.33. The fourth-order valence-electron chi connectivity index (χ4n) is 8.65. The Kier molecular flexibility index (Phi) is 9.00. The number of rotatable bonds is 7. The van der Waals surface area contributed by atoms with E-state index in [9.17, 15) is 0 Å². The maximum absolute atomic E-state index is 2.54. The van der Waals surface area contributed by atoms with E-state index in [4.69, 9.17) is 0 Å². The van der Waals surface area contributed by atoms with Crippen molar-refractivity contribution >= 4 is 59.3 Å². The molecule has 10 aromatic rings. The zero-order valence-corrected chi connectivity index (χ0v) is 33.8. The topological polar surface area (TPSA) is 3.24 Å². The molecule has 58 heavy (non-hydrogen) atoms. The highest BCUT2D eigenvalue weighted by Gasteiger charge is 2.26. The first-order chi connectivity index (χ1) is 28.4. The molecule has 10 rings (SSSR count). The average molecular weight is 762 g/mol. The number of anilines is 3. The molecule has 0 saturated heterocycles. The predicted octanol–water partition coefficient (Wildman–Crippen LogP) is 16.6. The largest absolute Gasteiger partial charge is 0.309 e. The minimum absolute atomic E-state index is 0.0326. The Morgan fingerprint density at radius 3 is 1.50 bits per heavy atom. The van der Waals surface area contributed by atoms with E-state index in [1.807, 2.05) is 11.3 Å². The zero-order chi connectivity index (χ0) is 39.2. The van der Waals surface area contributed by atoms with Crippen LogP contribution in [-0.2, 0) is 5.41 Å². The van der Waals surface area contributed by atoms with Crippen molar-refractivity contribution < 1.29 is 0 Å². The van der Waals surface area contributed by atoms with Crippen LogP contribution in [0.15, 0.2) is 206 Å². The summed E-state index contributed by atoms with van der Waals surface area (Å²) in [5.41, 5.74) is 14.3. The van der Waals surface area contributed by atoms with Crippen molar-refractivity contribution in [3.63, 3.8) is 0 Å². The molecule has 0 radical (unpaired) electrons. The van der Waals surface area contributed by atoms with Gasteiger partial charge in [-0.05, 0) is 86.0 Å². The first kappa shape index (κ1) is 35.7. The van der Waals surface area contributed by atoms with Gasteiger partial charge in [-0.15, -0.1) is 11.3 Å². The molecule has 1 aromatic heterocycles. The van der Waals surface area contributed by atoms with Gasteiger partial charge in [-0.2, -0.15) is 0 Å². The molecule has 2 heteroatoms. The quantitative estimate of drug-likeness (QED) is 0.156. The highest BCUT2D eigenvalue weighted by Crippen LogP contribution is 2.51. The van der Waals surface area contributed by atoms with Crippen LogP contribution in [-0.4, -0.2) is 0 Å². The van der Waals surface area contributed by atoms with Gasteiger partial charge in [-0.3, -0.25) is 0 Å². The number of hydrogen-bond donors (Lipinski definition) is 0. The van der Waals surface area contributed by atoms with Gasteiger partial charge in [-0.1, -0.05) is 191 Å². The fourth-order valence-corrected chi connectivity index (χ4v) is 9.78. The molecule has 0 aliphatic carbocycles. The monoisotopic (exact) mass is 761 g/mol. The molecule has 0 unspecified atom stereocenters. The Bertz CT molecular complexity index is 3090. The van der Waals surface area contributed by atoms with Gasteiger partial charge in [0.05, 0.1) is 17.1 Å². The van der Waals surface area contributed by atoms with Crippen LogP contribution in [0.4, 0.5) is 17.1 Å². The summed E-state index contributed by atoms with van der Waals surface area (Å²) in [5.74, 6) is 0. The van der Waals surface area contributed by atoms with Crippen molar-refractivity contribution in [3.8, 4) is 44.5 Å². The third-order valence-electron chi connectivity index (χ3n) is 11.5. The summed E-state index contributed by atoms with van der Waals surface area (Å²) in [5, 5.41) is 5.06. The fraction of sp³-hybridized carbons (Fsp3) is 0.0714. The minimum Gasteiger partial charge on any atom is -0.309 e. The third kappa shape index (κ3) is 6.27. The molecule has 278 valence electrons. The molecule has 0 bridgehead atoms. The maximum atomic E-state index is 2.54. The van der Waals surface area contributed by atoms with E-state index in [0.29, 0.717) is 0 Å². The molecule has 0 aliphatic rings. The molecule has 0 aliphatic heterocycles. The van der Waals surface area contributed by atoms with Crippen LogP contribution in [0, 0.1) is 0 Å². The molecule has 0 N–H and O–H groups in total. The normalized spacial score (nSPS) is 11.7. The summed E-state index contributed by atoms with van der Waals surface area (Å²) in [7, 11) is 0. The Hall–Kier alpha value is -6.74. The van der Waals surface area contributed by atoms with E-state index >= 15 is 0 Å². The van der Waals surface area contributed by atoms with Crippen molar-refractivity contribution in [3.05, 3.63) is 212 Å². The number of benzene rings is 9. The zero-order valence-electron chi connectivity index (χ0n) is 33.0. The molecule has 9 aromatic carbocycles. The Morgan fingerprint density at radius 2 is 0.845 bits per heavy atom. The van der Waals surface area contributed by atoms with E-state index < -0.39 is 0 Å². The Labute approximate surface area is 345 Å². The smallest absolute Gasteiger partial charge is 0.0540 e. The molecular weight excluding hydrogens is 719 g/mol. The van der Waals surface area contributed by atoms with Crippen LogP contribution in [0.2, 0.25) is 0 Å². The maximum Gasteiger partial charge on any atom is 0.0540 e. The second-order valence-electron chi connectivity index (χ2n) is 16.1. The highest BCUT2D eigenvalue weighted by molar-refractivity contribution is 7.25. The van der Waals surface area contributed by atoms with Gasteiger partial charge in [0.15, 0.2) is 0 Å². The number of hydrogen-bond acceptors (Lipinski definition) is 2. The van der Waals surface area contributed by atoms with Crippen LogP contribution < -0.4 is 4.90 Å². The Balaban J connectivity index is 1.31. The molecule has 0 atom stereocenters. The number of fused-ring (bicyclic) bond motifs is 4. The van der Waals surface area contributed by atoms with E-state index in [1.165, 1.54) is 81.0 Å². The van der Waals surface area contributed by atoms with Crippen molar-refractivity contribution in [2.75, 3.05) is 4.90 Å². The summed E-state index contributed by atoms with van der Waals surface area (Å²) in [6.45, 7) is 6.90. The van der Waals surface area contributed by atoms with E-state index in [0.717, 1.165) is 17.1 Å². The third-order valence-corrected chi connectivity index (χ3v) is 12.6. The number of nitrogens with zero attached hydrogens (tertiary/aromatic N) is 1. The molecule has 1 heterocycles. The molecular formula is C56H43NS. The number of thiophene rings is 1. The summed E-state index contributed by atoms with van der Waals surface area (Å²) in [4.78, 5) is 2.54. The van der Waals surface area contributed by atoms with Gasteiger partial charge in [0, 0.05) is 36.9 Å². The second kappa shape index (κ2) is 14.6. The molecule has 1 nitrogen and oxygen atoms in total. The lowest BCUT2D eigenvalue weighted by atomic mass is 9.84. The van der Waals surface area contributed by atoms with Crippen LogP contribution >= 0.6 is 11.3 Å². The van der Waals surface area contributed by atoms with Crippen LogP contribution in [0.25, 0.3) is 75.5 Å². The highest BCUT2D eigenvalue weighted by atomic mass is 32.1. The van der Waals surface area contributed by atoms with Gasteiger partial charge < -0.3 is 4.90 Å². The number of para-hydroxylation sites is 2. The van der Waals surface area contributed by atoms with Crippen molar-refractivity contribution in [1.82, 2.24) is 0 Å². The average Bonchev–Trinajstić information content (AvgIpc) is 3.66. The first-order valence-electron chi connectivity index (χ1n) is 20.1. The molecule has 0 fully saturated rings. The minimum atomic E-state index is -0.0326. The summed E-state index contributed by atoms with van der Waals surface area (Å²) >= 11 is 1.87. The van der Waals surface area contributed by atoms with Gasteiger partial charge in [-0.25, -0.2) is 0 Å². The van der Waals surface area contributed by atoms with Gasteiger partial charge in [0.2, 0.25) is 0 Å². The van der Waals surface area contributed by atoms with Crippen molar-refractivity contribution in [2.45, 2.75) is 26.2 Å². The molecule has 0 spiro atoms. The SMILES string of the molecule is CC(C)(C)c1ccc(N(c2ccccc2-c2cccc3cccc(-c4ccccc4)c23)c2ccccc2-c2cccc3sc4ccccc4c23)c(-c2ccccc2)c1. The summed E-state index contributed by atoms with van der Waals surface area (Å²) in [6.07, 6.45) is 0. The van der Waals surface area contributed by atoms with Gasteiger partial charge >= 0.3 is 0 Å². The van der Waals surface area contributed by atoms with E-state index in [2.05, 4.69) is 232 Å². The van der Waals surface area contributed by atoms with E-state index in [1.54, 1.807) is 0 Å². The Morgan fingerprint density at radius 1 is 0.362 bits per heavy atom. The van der Waals surface area contributed by atoms with E-state index in [-0.39, 0.29) is 5.41 Å². The second-order valence-corrected chi connectivity index (χ2v) is 17.2. The van der Waals surface area contributed by atoms with Crippen LogP contribution in [0.5, 0.6) is 0 Å². The van der Waals surface area contributed by atoms with Crippen LogP contribution in [0.3, 0.4) is 0 Å². The summed E-state index contributed by atoms with van der Waals surface area (Å²) < 4.78 is 2.60. The first-order valence-corrected chi connectivity index (χ1v) is 20.9.